The molecule has 0 aliphatic carbocycles. The Balaban J connectivity index is 1.45. The first-order chi connectivity index (χ1) is 14.4. The molecule has 30 heavy (non-hydrogen) atoms. The molecule has 1 saturated heterocycles. The van der Waals surface area contributed by atoms with Crippen LogP contribution >= 0.6 is 0 Å². The van der Waals surface area contributed by atoms with Crippen molar-refractivity contribution >= 4 is 11.7 Å². The molecule has 2 atom stereocenters. The number of amides is 2. The number of rotatable bonds is 8. The van der Waals surface area contributed by atoms with E-state index in [2.05, 4.69) is 27.7 Å². The third-order valence-corrected chi connectivity index (χ3v) is 5.33. The van der Waals surface area contributed by atoms with Gasteiger partial charge in [-0.1, -0.05) is 18.2 Å². The molecule has 2 N–H and O–H groups in total. The van der Waals surface area contributed by atoms with Crippen LogP contribution in [0.25, 0.3) is 0 Å². The topological polar surface area (TPSA) is 62.8 Å². The second-order valence-corrected chi connectivity index (χ2v) is 8.12. The Morgan fingerprint density at radius 2 is 1.90 bits per heavy atom. The van der Waals surface area contributed by atoms with Gasteiger partial charge in [0.2, 0.25) is 0 Å². The third kappa shape index (κ3) is 6.05. The lowest BCUT2D eigenvalue weighted by molar-refractivity contribution is 0.235. The van der Waals surface area contributed by atoms with Gasteiger partial charge in [0.05, 0.1) is 19.3 Å². The number of nitrogens with zero attached hydrogens (tertiary/aromatic N) is 1. The van der Waals surface area contributed by atoms with Crippen molar-refractivity contribution in [3.05, 3.63) is 54.1 Å². The molecule has 162 valence electrons. The van der Waals surface area contributed by atoms with Crippen LogP contribution in [0.1, 0.15) is 38.8 Å². The zero-order valence-corrected chi connectivity index (χ0v) is 18.4. The standard InChI is InChI=1S/C24H33N3O3/c1-17(2)30-23-10-5-7-20(13-23)18(3)26-24(28)25-15-19-11-12-27(16-19)21-8-6-9-22(14-21)29-4/h5-10,13-14,17-19H,11-12,15-16H2,1-4H3,(H2,25,26,28). The molecular weight excluding hydrogens is 378 g/mol. The van der Waals surface area contributed by atoms with Gasteiger partial charge in [-0.25, -0.2) is 4.79 Å². The highest BCUT2D eigenvalue weighted by molar-refractivity contribution is 5.74. The molecule has 0 saturated carbocycles. The lowest BCUT2D eigenvalue weighted by atomic mass is 10.1. The zero-order chi connectivity index (χ0) is 21.5. The van der Waals surface area contributed by atoms with E-state index in [-0.39, 0.29) is 18.2 Å². The number of methoxy groups -OCH3 is 1. The lowest BCUT2D eigenvalue weighted by Crippen LogP contribution is -2.40. The van der Waals surface area contributed by atoms with E-state index in [1.165, 1.54) is 5.69 Å². The highest BCUT2D eigenvalue weighted by Gasteiger charge is 2.23. The number of hydrogen-bond donors (Lipinski definition) is 2. The highest BCUT2D eigenvalue weighted by atomic mass is 16.5. The molecule has 0 radical (unpaired) electrons. The lowest BCUT2D eigenvalue weighted by Gasteiger charge is -2.20. The van der Waals surface area contributed by atoms with E-state index in [1.807, 2.05) is 57.2 Å². The summed E-state index contributed by atoms with van der Waals surface area (Å²) in [5.41, 5.74) is 2.19. The Morgan fingerprint density at radius 3 is 2.67 bits per heavy atom. The summed E-state index contributed by atoms with van der Waals surface area (Å²) >= 11 is 0. The Bertz CT molecular complexity index is 840. The summed E-state index contributed by atoms with van der Waals surface area (Å²) in [7, 11) is 1.68. The van der Waals surface area contributed by atoms with Gasteiger partial charge >= 0.3 is 6.03 Å². The Labute approximate surface area is 179 Å². The van der Waals surface area contributed by atoms with E-state index in [0.717, 1.165) is 36.6 Å². The molecule has 0 aromatic heterocycles. The van der Waals surface area contributed by atoms with E-state index in [1.54, 1.807) is 7.11 Å². The van der Waals surface area contributed by atoms with Crippen LogP contribution in [0.2, 0.25) is 0 Å². The number of carbonyl (C=O) groups excluding carboxylic acids is 1. The molecule has 2 unspecified atom stereocenters. The minimum Gasteiger partial charge on any atom is -0.497 e. The van der Waals surface area contributed by atoms with Crippen molar-refractivity contribution < 1.29 is 14.3 Å². The number of ether oxygens (including phenoxy) is 2. The Morgan fingerprint density at radius 1 is 1.13 bits per heavy atom. The van der Waals surface area contributed by atoms with Gasteiger partial charge in [-0.2, -0.15) is 0 Å². The molecule has 1 aliphatic heterocycles. The number of carbonyl (C=O) groups is 1. The van der Waals surface area contributed by atoms with Gasteiger partial charge in [0, 0.05) is 31.4 Å². The quantitative estimate of drug-likeness (QED) is 0.677. The van der Waals surface area contributed by atoms with E-state index >= 15 is 0 Å². The number of hydrogen-bond acceptors (Lipinski definition) is 4. The average molecular weight is 412 g/mol. The van der Waals surface area contributed by atoms with Crippen molar-refractivity contribution in [2.24, 2.45) is 5.92 Å². The van der Waals surface area contributed by atoms with E-state index in [4.69, 9.17) is 9.47 Å². The molecule has 0 spiro atoms. The average Bonchev–Trinajstić information content (AvgIpc) is 3.21. The van der Waals surface area contributed by atoms with Crippen molar-refractivity contribution in [2.75, 3.05) is 31.6 Å². The fourth-order valence-corrected chi connectivity index (χ4v) is 3.74. The first-order valence-corrected chi connectivity index (χ1v) is 10.6. The Kier molecular flexibility index (Phi) is 7.44. The summed E-state index contributed by atoms with van der Waals surface area (Å²) in [5.74, 6) is 2.12. The van der Waals surface area contributed by atoms with Gasteiger partial charge in [-0.05, 0) is 62.9 Å². The second-order valence-electron chi connectivity index (χ2n) is 8.12. The maximum absolute atomic E-state index is 12.4. The van der Waals surface area contributed by atoms with Crippen LogP contribution in [0, 0.1) is 5.92 Å². The fourth-order valence-electron chi connectivity index (χ4n) is 3.74. The minimum atomic E-state index is -0.141. The maximum Gasteiger partial charge on any atom is 0.315 e. The SMILES string of the molecule is COc1cccc(N2CCC(CNC(=O)NC(C)c3cccc(OC(C)C)c3)C2)c1. The van der Waals surface area contributed by atoms with Gasteiger partial charge in [-0.15, -0.1) is 0 Å². The number of benzene rings is 2. The van der Waals surface area contributed by atoms with E-state index in [0.29, 0.717) is 12.5 Å². The monoisotopic (exact) mass is 411 g/mol. The molecular formula is C24H33N3O3. The predicted molar refractivity (Wildman–Crippen MR) is 120 cm³/mol. The predicted octanol–water partition coefficient (Wildman–Crippen LogP) is 4.37. The third-order valence-electron chi connectivity index (χ3n) is 5.33. The number of anilines is 1. The molecule has 2 amide bonds. The van der Waals surface area contributed by atoms with Gasteiger partial charge in [-0.3, -0.25) is 0 Å². The van der Waals surface area contributed by atoms with Crippen LogP contribution in [0.4, 0.5) is 10.5 Å². The number of nitrogens with one attached hydrogen (secondary N) is 2. The summed E-state index contributed by atoms with van der Waals surface area (Å²) in [6.07, 6.45) is 1.18. The molecule has 1 heterocycles. The smallest absolute Gasteiger partial charge is 0.315 e. The Hall–Kier alpha value is -2.89. The summed E-state index contributed by atoms with van der Waals surface area (Å²) in [6, 6.07) is 15.7. The fraction of sp³-hybridized carbons (Fsp3) is 0.458. The zero-order valence-electron chi connectivity index (χ0n) is 18.4. The van der Waals surface area contributed by atoms with Gasteiger partial charge in [0.1, 0.15) is 11.5 Å². The van der Waals surface area contributed by atoms with E-state index < -0.39 is 0 Å². The molecule has 1 aliphatic rings. The van der Waals surface area contributed by atoms with Gasteiger partial charge in [0.25, 0.3) is 0 Å². The van der Waals surface area contributed by atoms with Crippen LogP contribution in [0.3, 0.4) is 0 Å². The summed E-state index contributed by atoms with van der Waals surface area (Å²) in [6.45, 7) is 8.56. The van der Waals surface area contributed by atoms with Crippen molar-refractivity contribution in [3.8, 4) is 11.5 Å². The van der Waals surface area contributed by atoms with Crippen LogP contribution in [-0.4, -0.2) is 38.9 Å². The summed E-state index contributed by atoms with van der Waals surface area (Å²) in [4.78, 5) is 14.7. The highest BCUT2D eigenvalue weighted by Crippen LogP contribution is 2.26. The van der Waals surface area contributed by atoms with Crippen molar-refractivity contribution in [1.82, 2.24) is 10.6 Å². The molecule has 3 rings (SSSR count). The molecule has 2 aromatic rings. The van der Waals surface area contributed by atoms with Crippen LogP contribution in [0.5, 0.6) is 11.5 Å². The van der Waals surface area contributed by atoms with Gasteiger partial charge < -0.3 is 25.0 Å². The first kappa shape index (κ1) is 21.8. The van der Waals surface area contributed by atoms with Crippen molar-refractivity contribution in [1.29, 1.82) is 0 Å². The maximum atomic E-state index is 12.4. The van der Waals surface area contributed by atoms with Crippen molar-refractivity contribution in [3.63, 3.8) is 0 Å². The molecule has 6 nitrogen and oxygen atoms in total. The largest absolute Gasteiger partial charge is 0.497 e. The molecule has 0 bridgehead atoms. The first-order valence-electron chi connectivity index (χ1n) is 10.6. The minimum absolute atomic E-state index is 0.0995. The summed E-state index contributed by atoms with van der Waals surface area (Å²) in [5, 5.41) is 6.06. The van der Waals surface area contributed by atoms with Gasteiger partial charge in [0.15, 0.2) is 0 Å². The molecule has 6 heteroatoms. The number of urea groups is 1. The molecule has 2 aromatic carbocycles. The normalized spacial score (nSPS) is 17.0. The second kappa shape index (κ2) is 10.2. The van der Waals surface area contributed by atoms with Crippen LogP contribution < -0.4 is 25.0 Å². The van der Waals surface area contributed by atoms with Crippen molar-refractivity contribution in [2.45, 2.75) is 39.3 Å². The molecule has 1 fully saturated rings. The van der Waals surface area contributed by atoms with Crippen LogP contribution in [-0.2, 0) is 0 Å². The van der Waals surface area contributed by atoms with E-state index in [9.17, 15) is 4.79 Å². The summed E-state index contributed by atoms with van der Waals surface area (Å²) < 4.78 is 11.1. The van der Waals surface area contributed by atoms with Crippen LogP contribution in [0.15, 0.2) is 48.5 Å².